The lowest BCUT2D eigenvalue weighted by Crippen LogP contribution is -2.40. The number of carbonyl (C=O) groups is 2. The molecule has 0 aliphatic heterocycles. The van der Waals surface area contributed by atoms with E-state index < -0.39 is 30.4 Å². The summed E-state index contributed by atoms with van der Waals surface area (Å²) in [7, 11) is 0. The number of benzene rings is 1. The molecule has 1 aromatic carbocycles. The normalized spacial score (nSPS) is 11.6. The summed E-state index contributed by atoms with van der Waals surface area (Å²) >= 11 is 0. The molecule has 0 unspecified atom stereocenters. The van der Waals surface area contributed by atoms with Crippen molar-refractivity contribution in [1.82, 2.24) is 4.90 Å². The number of halogens is 3. The third-order valence-corrected chi connectivity index (χ3v) is 3.11. The highest BCUT2D eigenvalue weighted by molar-refractivity contribution is 5.70. The first kappa shape index (κ1) is 23.4. The van der Waals surface area contributed by atoms with Crippen molar-refractivity contribution in [2.24, 2.45) is 0 Å². The summed E-state index contributed by atoms with van der Waals surface area (Å²) in [5.41, 5.74) is -0.766. The standard InChI is InChI=1S/C18H24F3NO6/c1-17(2,3)28-16(25)22(9-8-15(23)24)10-11-26-13-6-4-5-7-14(13)27-12-18(19,20)21/h4-7H,8-12H2,1-3H3,(H,23,24). The maximum absolute atomic E-state index is 12.3. The molecule has 7 nitrogen and oxygen atoms in total. The van der Waals surface area contributed by atoms with Crippen molar-refractivity contribution in [3.8, 4) is 11.5 Å². The SMILES string of the molecule is CC(C)(C)OC(=O)N(CCOc1ccccc1OCC(F)(F)F)CCC(=O)O. The summed E-state index contributed by atoms with van der Waals surface area (Å²) in [5, 5.41) is 8.82. The van der Waals surface area contributed by atoms with E-state index >= 15 is 0 Å². The van der Waals surface area contributed by atoms with E-state index in [-0.39, 0.29) is 37.6 Å². The van der Waals surface area contributed by atoms with Gasteiger partial charge in [-0.3, -0.25) is 4.79 Å². The Hall–Kier alpha value is -2.65. The second-order valence-corrected chi connectivity index (χ2v) is 6.81. The molecule has 0 aliphatic rings. The zero-order valence-corrected chi connectivity index (χ0v) is 15.9. The van der Waals surface area contributed by atoms with Crippen LogP contribution in [0.2, 0.25) is 0 Å². The fourth-order valence-electron chi connectivity index (χ4n) is 1.97. The van der Waals surface area contributed by atoms with E-state index in [4.69, 9.17) is 19.3 Å². The summed E-state index contributed by atoms with van der Waals surface area (Å²) in [6.07, 6.45) is -5.49. The fraction of sp³-hybridized carbons (Fsp3) is 0.556. The Morgan fingerprint density at radius 3 is 2.11 bits per heavy atom. The Morgan fingerprint density at radius 1 is 1.04 bits per heavy atom. The lowest BCUT2D eigenvalue weighted by atomic mass is 10.2. The van der Waals surface area contributed by atoms with E-state index in [1.165, 1.54) is 23.1 Å². The van der Waals surface area contributed by atoms with Gasteiger partial charge < -0.3 is 24.2 Å². The zero-order valence-electron chi connectivity index (χ0n) is 15.9. The minimum atomic E-state index is -4.49. The maximum Gasteiger partial charge on any atom is 0.422 e. The lowest BCUT2D eigenvalue weighted by Gasteiger charge is -2.27. The molecule has 10 heteroatoms. The Labute approximate surface area is 161 Å². The third-order valence-electron chi connectivity index (χ3n) is 3.11. The van der Waals surface area contributed by atoms with Gasteiger partial charge in [0.1, 0.15) is 12.2 Å². The first-order valence-corrected chi connectivity index (χ1v) is 8.48. The van der Waals surface area contributed by atoms with Crippen LogP contribution in [0.15, 0.2) is 24.3 Å². The highest BCUT2D eigenvalue weighted by atomic mass is 19.4. The van der Waals surface area contributed by atoms with E-state index in [0.717, 1.165) is 0 Å². The molecular formula is C18H24F3NO6. The smallest absolute Gasteiger partial charge is 0.422 e. The highest BCUT2D eigenvalue weighted by Crippen LogP contribution is 2.28. The summed E-state index contributed by atoms with van der Waals surface area (Å²) in [6.45, 7) is 3.35. The number of hydrogen-bond acceptors (Lipinski definition) is 5. The fourth-order valence-corrected chi connectivity index (χ4v) is 1.97. The van der Waals surface area contributed by atoms with E-state index in [1.54, 1.807) is 26.8 Å². The number of nitrogens with zero attached hydrogens (tertiary/aromatic N) is 1. The van der Waals surface area contributed by atoms with Gasteiger partial charge in [-0.1, -0.05) is 12.1 Å². The molecule has 0 saturated heterocycles. The molecule has 1 amide bonds. The van der Waals surface area contributed by atoms with Gasteiger partial charge in [0.05, 0.1) is 13.0 Å². The van der Waals surface area contributed by atoms with Crippen molar-refractivity contribution in [3.05, 3.63) is 24.3 Å². The molecule has 0 spiro atoms. The van der Waals surface area contributed by atoms with Crippen LogP contribution in [0.1, 0.15) is 27.2 Å². The van der Waals surface area contributed by atoms with Crippen molar-refractivity contribution in [1.29, 1.82) is 0 Å². The van der Waals surface area contributed by atoms with E-state index in [0.29, 0.717) is 0 Å². The number of carbonyl (C=O) groups excluding carboxylic acids is 1. The molecule has 0 radical (unpaired) electrons. The Bertz CT molecular complexity index is 657. The van der Waals surface area contributed by atoms with Crippen LogP contribution in [-0.4, -0.2) is 60.1 Å². The summed E-state index contributed by atoms with van der Waals surface area (Å²) in [4.78, 5) is 24.2. The zero-order chi connectivity index (χ0) is 21.4. The largest absolute Gasteiger partial charge is 0.488 e. The molecule has 28 heavy (non-hydrogen) atoms. The van der Waals surface area contributed by atoms with Crippen molar-refractivity contribution in [3.63, 3.8) is 0 Å². The van der Waals surface area contributed by atoms with Crippen LogP contribution in [0.4, 0.5) is 18.0 Å². The molecular weight excluding hydrogens is 383 g/mol. The molecule has 1 N–H and O–H groups in total. The van der Waals surface area contributed by atoms with Crippen molar-refractivity contribution in [2.75, 3.05) is 26.3 Å². The number of carboxylic acid groups (broad SMARTS) is 1. The first-order chi connectivity index (χ1) is 12.9. The van der Waals surface area contributed by atoms with Crippen LogP contribution in [0, 0.1) is 0 Å². The van der Waals surface area contributed by atoms with E-state index in [1.807, 2.05) is 0 Å². The average molecular weight is 407 g/mol. The van der Waals surface area contributed by atoms with Crippen LogP contribution in [0.25, 0.3) is 0 Å². The Kier molecular flexibility index (Phi) is 8.39. The second-order valence-electron chi connectivity index (χ2n) is 6.81. The summed E-state index contributed by atoms with van der Waals surface area (Å²) < 4.78 is 52.4. The molecule has 0 heterocycles. The molecule has 1 rings (SSSR count). The number of hydrogen-bond donors (Lipinski definition) is 1. The van der Waals surface area contributed by atoms with Gasteiger partial charge in [0, 0.05) is 6.54 Å². The molecule has 0 aliphatic carbocycles. The molecule has 0 fully saturated rings. The predicted molar refractivity (Wildman–Crippen MR) is 93.5 cm³/mol. The molecule has 0 atom stereocenters. The number of alkyl halides is 3. The number of amides is 1. The molecule has 0 bridgehead atoms. The van der Waals surface area contributed by atoms with Crippen LogP contribution < -0.4 is 9.47 Å². The number of ether oxygens (including phenoxy) is 3. The molecule has 158 valence electrons. The van der Waals surface area contributed by atoms with E-state index in [9.17, 15) is 22.8 Å². The summed E-state index contributed by atoms with van der Waals surface area (Å²) in [5.74, 6) is -1.09. The topological polar surface area (TPSA) is 85.3 Å². The lowest BCUT2D eigenvalue weighted by molar-refractivity contribution is -0.153. The van der Waals surface area contributed by atoms with Gasteiger partial charge in [-0.2, -0.15) is 13.2 Å². The van der Waals surface area contributed by atoms with Gasteiger partial charge in [-0.05, 0) is 32.9 Å². The van der Waals surface area contributed by atoms with Gasteiger partial charge >= 0.3 is 18.2 Å². The quantitative estimate of drug-likeness (QED) is 0.672. The van der Waals surface area contributed by atoms with Crippen LogP contribution in [0.3, 0.4) is 0 Å². The van der Waals surface area contributed by atoms with Gasteiger partial charge in [0.25, 0.3) is 0 Å². The predicted octanol–water partition coefficient (Wildman–Crippen LogP) is 3.72. The highest BCUT2D eigenvalue weighted by Gasteiger charge is 2.29. The third kappa shape index (κ3) is 9.89. The maximum atomic E-state index is 12.3. The number of carboxylic acids is 1. The molecule has 0 saturated carbocycles. The number of aliphatic carboxylic acids is 1. The second kappa shape index (κ2) is 10.0. The number of para-hydroxylation sites is 2. The van der Waals surface area contributed by atoms with Crippen LogP contribution in [0.5, 0.6) is 11.5 Å². The van der Waals surface area contributed by atoms with Crippen molar-refractivity contribution < 1.29 is 42.1 Å². The van der Waals surface area contributed by atoms with E-state index in [2.05, 4.69) is 0 Å². The minimum absolute atomic E-state index is 0.0181. The van der Waals surface area contributed by atoms with Gasteiger partial charge in [-0.15, -0.1) is 0 Å². The van der Waals surface area contributed by atoms with Crippen molar-refractivity contribution in [2.45, 2.75) is 39.0 Å². The Balaban J connectivity index is 2.70. The van der Waals surface area contributed by atoms with Crippen LogP contribution >= 0.6 is 0 Å². The summed E-state index contributed by atoms with van der Waals surface area (Å²) in [6, 6.07) is 5.82. The van der Waals surface area contributed by atoms with Gasteiger partial charge in [-0.25, -0.2) is 4.79 Å². The average Bonchev–Trinajstić information content (AvgIpc) is 2.54. The number of rotatable bonds is 9. The van der Waals surface area contributed by atoms with Crippen LogP contribution in [-0.2, 0) is 9.53 Å². The van der Waals surface area contributed by atoms with Crippen molar-refractivity contribution >= 4 is 12.1 Å². The first-order valence-electron chi connectivity index (χ1n) is 8.48. The molecule has 1 aromatic rings. The minimum Gasteiger partial charge on any atom is -0.488 e. The van der Waals surface area contributed by atoms with Gasteiger partial charge in [0.2, 0.25) is 0 Å². The monoisotopic (exact) mass is 407 g/mol. The molecule has 0 aromatic heterocycles. The Morgan fingerprint density at radius 2 is 1.61 bits per heavy atom. The van der Waals surface area contributed by atoms with Gasteiger partial charge in [0.15, 0.2) is 18.1 Å².